The van der Waals surface area contributed by atoms with Gasteiger partial charge in [0.1, 0.15) is 11.7 Å². The number of carbonyl (C=O) groups excluding carboxylic acids is 1. The lowest BCUT2D eigenvalue weighted by Gasteiger charge is -2.05. The van der Waals surface area contributed by atoms with Crippen molar-refractivity contribution in [3.63, 3.8) is 0 Å². The summed E-state index contributed by atoms with van der Waals surface area (Å²) < 4.78 is 6.65. The molecule has 0 bridgehead atoms. The van der Waals surface area contributed by atoms with Crippen LogP contribution < -0.4 is 5.32 Å². The third kappa shape index (κ3) is 4.62. The summed E-state index contributed by atoms with van der Waals surface area (Å²) in [6.45, 7) is 2.76. The smallest absolute Gasteiger partial charge is 0.362 e. The molecule has 3 aromatic heterocycles. The minimum Gasteiger partial charge on any atom is -0.462 e. The highest BCUT2D eigenvalue weighted by atomic mass is 16.5. The van der Waals surface area contributed by atoms with E-state index in [0.29, 0.717) is 35.6 Å². The van der Waals surface area contributed by atoms with Gasteiger partial charge in [0.15, 0.2) is 12.2 Å². The van der Waals surface area contributed by atoms with Gasteiger partial charge >= 0.3 is 5.97 Å². The molecule has 4 aromatic rings. The molecule has 9 nitrogen and oxygen atoms in total. The summed E-state index contributed by atoms with van der Waals surface area (Å²) in [7, 11) is 0. The predicted molar refractivity (Wildman–Crippen MR) is 116 cm³/mol. The van der Waals surface area contributed by atoms with Gasteiger partial charge in [0.2, 0.25) is 0 Å². The average Bonchev–Trinajstić information content (AvgIpc) is 3.19. The number of ether oxygens (including phenoxy) is 1. The molecule has 0 fully saturated rings. The zero-order valence-corrected chi connectivity index (χ0v) is 17.0. The van der Waals surface area contributed by atoms with Gasteiger partial charge in [-0.15, -0.1) is 5.10 Å². The molecule has 0 amide bonds. The van der Waals surface area contributed by atoms with Gasteiger partial charge < -0.3 is 15.5 Å². The number of rotatable bonds is 8. The van der Waals surface area contributed by atoms with E-state index in [1.165, 1.54) is 6.21 Å². The normalized spacial score (nSPS) is 11.7. The Morgan fingerprint density at radius 3 is 2.94 bits per heavy atom. The number of allylic oxidation sites excluding steroid dienone is 1. The number of aromatic nitrogens is 5. The monoisotopic (exact) mass is 416 g/mol. The van der Waals surface area contributed by atoms with Crippen molar-refractivity contribution in [2.24, 2.45) is 0 Å². The largest absolute Gasteiger partial charge is 0.462 e. The molecule has 156 valence electrons. The van der Waals surface area contributed by atoms with Gasteiger partial charge in [0, 0.05) is 17.8 Å². The van der Waals surface area contributed by atoms with Crippen molar-refractivity contribution in [3.05, 3.63) is 66.1 Å². The van der Waals surface area contributed by atoms with Gasteiger partial charge in [-0.1, -0.05) is 17.3 Å². The molecule has 1 aromatic carbocycles. The maximum absolute atomic E-state index is 11.5. The summed E-state index contributed by atoms with van der Waals surface area (Å²) in [4.78, 5) is 20.5. The third-order valence-corrected chi connectivity index (χ3v) is 4.70. The molecule has 0 aliphatic rings. The number of nitrogens with two attached hydrogens (primary N) is 1. The van der Waals surface area contributed by atoms with Crippen LogP contribution in [0.25, 0.3) is 27.6 Å². The molecule has 0 aliphatic heterocycles. The van der Waals surface area contributed by atoms with Crippen LogP contribution in [-0.4, -0.2) is 50.3 Å². The number of benzene rings is 1. The van der Waals surface area contributed by atoms with Crippen LogP contribution in [0.1, 0.15) is 18.2 Å². The van der Waals surface area contributed by atoms with E-state index in [1.807, 2.05) is 30.3 Å². The van der Waals surface area contributed by atoms with E-state index in [4.69, 9.17) is 10.1 Å². The van der Waals surface area contributed by atoms with Crippen LogP contribution in [0, 0.1) is 5.41 Å². The second kappa shape index (κ2) is 9.23. The number of hydrogen-bond acceptors (Lipinski definition) is 7. The van der Waals surface area contributed by atoms with E-state index < -0.39 is 0 Å². The number of esters is 1. The van der Waals surface area contributed by atoms with E-state index in [2.05, 4.69) is 26.3 Å². The summed E-state index contributed by atoms with van der Waals surface area (Å²) in [5.74, 6) is -0.306. The zero-order chi connectivity index (χ0) is 21.6. The lowest BCUT2D eigenvalue weighted by atomic mass is 10.1. The Morgan fingerprint density at radius 1 is 1.23 bits per heavy atom. The lowest BCUT2D eigenvalue weighted by Crippen LogP contribution is -2.80. The van der Waals surface area contributed by atoms with E-state index >= 15 is 0 Å². The lowest BCUT2D eigenvalue weighted by molar-refractivity contribution is -0.576. The fourth-order valence-corrected chi connectivity index (χ4v) is 3.23. The minimum absolute atomic E-state index is 0.143. The number of quaternary nitrogens is 1. The topological polar surface area (TPSA) is 123 Å². The highest BCUT2D eigenvalue weighted by molar-refractivity contribution is 6.07. The Morgan fingerprint density at radius 2 is 2.10 bits per heavy atom. The van der Waals surface area contributed by atoms with E-state index in [1.54, 1.807) is 35.4 Å². The molecule has 0 saturated carbocycles. The first-order valence-electron chi connectivity index (χ1n) is 9.92. The van der Waals surface area contributed by atoms with Crippen LogP contribution >= 0.6 is 0 Å². The quantitative estimate of drug-likeness (QED) is 0.332. The molecule has 3 heterocycles. The Balaban J connectivity index is 1.59. The minimum atomic E-state index is -0.306. The van der Waals surface area contributed by atoms with Crippen LogP contribution in [0.2, 0.25) is 0 Å². The van der Waals surface area contributed by atoms with Gasteiger partial charge in [0.05, 0.1) is 29.9 Å². The Kier molecular flexibility index (Phi) is 6.04. The molecule has 9 heteroatoms. The Hall–Kier alpha value is -3.98. The molecule has 0 saturated heterocycles. The van der Waals surface area contributed by atoms with Crippen molar-refractivity contribution >= 4 is 39.8 Å². The van der Waals surface area contributed by atoms with Crippen molar-refractivity contribution in [3.8, 4) is 0 Å². The number of pyridine rings is 2. The SMILES string of the molecule is CCOC(=O)C[NH2+]/C=C(\C=N)c1ccc2nnn(Cc3ccc4ncccc4c3)c2n1. The summed E-state index contributed by atoms with van der Waals surface area (Å²) in [6.07, 6.45) is 4.68. The first-order chi connectivity index (χ1) is 15.2. The second-order valence-corrected chi connectivity index (χ2v) is 6.83. The fraction of sp³-hybridized carbons (Fsp3) is 0.182. The molecule has 3 N–H and O–H groups in total. The van der Waals surface area contributed by atoms with Gasteiger partial charge in [-0.25, -0.2) is 14.5 Å². The number of carbonyl (C=O) groups is 1. The first-order valence-corrected chi connectivity index (χ1v) is 9.92. The van der Waals surface area contributed by atoms with Crippen molar-refractivity contribution in [2.75, 3.05) is 13.2 Å². The molecule has 0 atom stereocenters. The maximum atomic E-state index is 11.5. The molecule has 0 unspecified atom stereocenters. The number of fused-ring (bicyclic) bond motifs is 2. The maximum Gasteiger partial charge on any atom is 0.362 e. The standard InChI is InChI=1S/C22H21N7O2/c1-2-31-21(30)13-24-12-17(11-23)19-7-8-20-22(26-19)29(28-27-20)14-15-5-6-18-16(10-15)4-3-9-25-18/h3-12,23-24H,2,13-14H2,1H3/p+1/b17-12+,23-11?. The second-order valence-electron chi connectivity index (χ2n) is 6.83. The molecule has 0 spiro atoms. The van der Waals surface area contributed by atoms with Gasteiger partial charge in [-0.3, -0.25) is 4.98 Å². The number of hydrogen-bond donors (Lipinski definition) is 2. The van der Waals surface area contributed by atoms with E-state index in [-0.39, 0.29) is 12.5 Å². The molecule has 31 heavy (non-hydrogen) atoms. The summed E-state index contributed by atoms with van der Waals surface area (Å²) in [6, 6.07) is 13.6. The van der Waals surface area contributed by atoms with E-state index in [0.717, 1.165) is 16.5 Å². The molecule has 0 aliphatic carbocycles. The predicted octanol–water partition coefficient (Wildman–Crippen LogP) is 1.54. The first kappa shape index (κ1) is 20.3. The molecule has 0 radical (unpaired) electrons. The summed E-state index contributed by atoms with van der Waals surface area (Å²) in [5, 5.41) is 18.9. The number of nitrogens with one attached hydrogen (secondary N) is 1. The highest BCUT2D eigenvalue weighted by Gasteiger charge is 2.11. The molecular weight excluding hydrogens is 394 g/mol. The molecular formula is C22H22N7O2+. The third-order valence-electron chi connectivity index (χ3n) is 4.70. The van der Waals surface area contributed by atoms with Crippen molar-refractivity contribution < 1.29 is 14.8 Å². The van der Waals surface area contributed by atoms with Gasteiger partial charge in [-0.05, 0) is 42.8 Å². The Labute approximate surface area is 178 Å². The zero-order valence-electron chi connectivity index (χ0n) is 17.0. The van der Waals surface area contributed by atoms with Gasteiger partial charge in [-0.2, -0.15) is 0 Å². The Bertz CT molecular complexity index is 1280. The van der Waals surface area contributed by atoms with Gasteiger partial charge in [0.25, 0.3) is 0 Å². The van der Waals surface area contributed by atoms with Crippen LogP contribution in [0.3, 0.4) is 0 Å². The van der Waals surface area contributed by atoms with Crippen molar-refractivity contribution in [2.45, 2.75) is 13.5 Å². The van der Waals surface area contributed by atoms with Crippen LogP contribution in [0.15, 0.2) is 54.9 Å². The van der Waals surface area contributed by atoms with Crippen LogP contribution in [0.4, 0.5) is 0 Å². The van der Waals surface area contributed by atoms with E-state index in [9.17, 15) is 4.79 Å². The number of nitrogens with zero attached hydrogens (tertiary/aromatic N) is 5. The summed E-state index contributed by atoms with van der Waals surface area (Å²) in [5.41, 5.74) is 4.48. The van der Waals surface area contributed by atoms with Crippen LogP contribution in [-0.2, 0) is 16.1 Å². The molecule has 4 rings (SSSR count). The van der Waals surface area contributed by atoms with Crippen LogP contribution in [0.5, 0.6) is 0 Å². The summed E-state index contributed by atoms with van der Waals surface area (Å²) >= 11 is 0. The van der Waals surface area contributed by atoms with Crippen molar-refractivity contribution in [1.29, 1.82) is 5.41 Å². The average molecular weight is 416 g/mol. The fourth-order valence-electron chi connectivity index (χ4n) is 3.23. The van der Waals surface area contributed by atoms with Crippen molar-refractivity contribution in [1.82, 2.24) is 25.0 Å². The highest BCUT2D eigenvalue weighted by Crippen LogP contribution is 2.17.